The number of hydrogen-bond acceptors (Lipinski definition) is 3. The normalized spacial score (nSPS) is 7.57. The van der Waals surface area contributed by atoms with Crippen LogP contribution in [-0.2, 0) is 4.84 Å². The van der Waals surface area contributed by atoms with Gasteiger partial charge in [0.15, 0.2) is 0 Å². The van der Waals surface area contributed by atoms with Crippen LogP contribution in [0.25, 0.3) is 0 Å². The molecule has 0 amide bonds. The Morgan fingerprint density at radius 3 is 2.29 bits per heavy atom. The van der Waals surface area contributed by atoms with E-state index in [9.17, 15) is 9.70 Å². The van der Waals surface area contributed by atoms with Crippen molar-refractivity contribution in [1.29, 1.82) is 0 Å². The molecular formula is CH3AsNO4+. The van der Waals surface area contributed by atoms with Gasteiger partial charge in [-0.3, -0.25) is 0 Å². The summed E-state index contributed by atoms with van der Waals surface area (Å²) >= 11 is 0.597. The van der Waals surface area contributed by atoms with Gasteiger partial charge in [-0.25, -0.2) is 0 Å². The molecular weight excluding hydrogens is 165 g/mol. The maximum atomic E-state index is 9.66. The summed E-state index contributed by atoms with van der Waals surface area (Å²) < 4.78 is -0.787. The minimum atomic E-state index is -0.885. The van der Waals surface area contributed by atoms with Crippen molar-refractivity contribution in [1.82, 2.24) is 0 Å². The van der Waals surface area contributed by atoms with Crippen LogP contribution in [0.15, 0.2) is 0 Å². The number of rotatable bonds is 1. The second kappa shape index (κ2) is 2.58. The van der Waals surface area contributed by atoms with Gasteiger partial charge >= 0.3 is 46.4 Å². The Kier molecular flexibility index (Phi) is 2.37. The van der Waals surface area contributed by atoms with E-state index in [0.29, 0.717) is 16.9 Å². The zero-order valence-corrected chi connectivity index (χ0v) is 5.62. The predicted molar refractivity (Wildman–Crippen MR) is 20.4 cm³/mol. The van der Waals surface area contributed by atoms with Crippen molar-refractivity contribution in [2.24, 2.45) is 0 Å². The zero-order chi connectivity index (χ0) is 5.86. The summed E-state index contributed by atoms with van der Waals surface area (Å²) in [7, 11) is 0. The van der Waals surface area contributed by atoms with Gasteiger partial charge in [0.05, 0.1) is 0 Å². The van der Waals surface area contributed by atoms with Crippen molar-refractivity contribution >= 4 is 21.6 Å². The average Bonchev–Trinajstić information content (AvgIpc) is 1.27. The van der Waals surface area contributed by atoms with Gasteiger partial charge in [0, 0.05) is 0 Å². The van der Waals surface area contributed by atoms with Gasteiger partial charge in [-0.1, -0.05) is 0 Å². The molecule has 0 saturated carbocycles. The summed E-state index contributed by atoms with van der Waals surface area (Å²) in [6.45, 7) is 0. The van der Waals surface area contributed by atoms with Crippen LogP contribution in [-0.4, -0.2) is 31.9 Å². The van der Waals surface area contributed by atoms with E-state index in [0.717, 1.165) is 0 Å². The number of hydrogen-bond donors (Lipinski definition) is 1. The van der Waals surface area contributed by atoms with Gasteiger partial charge < -0.3 is 0 Å². The summed E-state index contributed by atoms with van der Waals surface area (Å²) in [5, 5.41) is 6.68. The van der Waals surface area contributed by atoms with Crippen molar-refractivity contribution in [3.05, 3.63) is 4.91 Å². The van der Waals surface area contributed by atoms with E-state index in [2.05, 4.69) is 4.84 Å². The molecule has 1 atom stereocenters. The molecule has 40 valence electrons. The molecule has 1 unspecified atom stereocenters. The summed E-state index contributed by atoms with van der Waals surface area (Å²) in [6, 6.07) is 0. The summed E-state index contributed by atoms with van der Waals surface area (Å²) in [4.78, 5) is 22.4. The third-order valence-electron chi connectivity index (χ3n) is 0.168. The fourth-order valence-electron chi connectivity index (χ4n) is 0.0770. The second-order valence-corrected chi connectivity index (χ2v) is 1.64. The molecule has 0 aliphatic rings. The standard InChI is InChI=1S/CH3AsNO4/c2-1(4)7-3(5)6/h2H2,(H,5,6)/q+1. The molecule has 0 rings (SSSR count). The number of carbonyl (C=O) groups is 1. The summed E-state index contributed by atoms with van der Waals surface area (Å²) in [6.07, 6.45) is 0. The summed E-state index contributed by atoms with van der Waals surface area (Å²) in [5.74, 6) is 0. The molecule has 0 saturated heterocycles. The average molecular weight is 168 g/mol. The van der Waals surface area contributed by atoms with E-state index >= 15 is 0 Å². The molecule has 6 heteroatoms. The summed E-state index contributed by atoms with van der Waals surface area (Å²) in [5.41, 5.74) is 0. The Balaban J connectivity index is 3.32. The van der Waals surface area contributed by atoms with Crippen molar-refractivity contribution < 1.29 is 19.9 Å². The first kappa shape index (κ1) is 6.43. The van der Waals surface area contributed by atoms with Gasteiger partial charge in [0.1, 0.15) is 0 Å². The van der Waals surface area contributed by atoms with E-state index < -0.39 is 9.84 Å². The van der Waals surface area contributed by atoms with Gasteiger partial charge in [-0.15, -0.1) is 0 Å². The Hall–Kier alpha value is -0.572. The monoisotopic (exact) mass is 168 g/mol. The van der Waals surface area contributed by atoms with Crippen LogP contribution in [0, 0.1) is 4.91 Å². The fraction of sp³-hybridized carbons (Fsp3) is 0. The van der Waals surface area contributed by atoms with E-state index in [1.54, 1.807) is 0 Å². The zero-order valence-electron chi connectivity index (χ0n) is 3.20. The molecule has 0 aromatic carbocycles. The molecule has 0 aromatic rings. The molecule has 0 aliphatic carbocycles. The number of carbonyl (C=O) groups excluding carboxylic acids is 1. The Labute approximate surface area is 47.2 Å². The van der Waals surface area contributed by atoms with Gasteiger partial charge in [0.25, 0.3) is 0 Å². The van der Waals surface area contributed by atoms with Gasteiger partial charge in [-0.05, 0) is 0 Å². The third-order valence-corrected chi connectivity index (χ3v) is 0.389. The second-order valence-electron chi connectivity index (χ2n) is 0.648. The van der Waals surface area contributed by atoms with E-state index in [4.69, 9.17) is 5.21 Å². The van der Waals surface area contributed by atoms with Crippen LogP contribution in [0.5, 0.6) is 0 Å². The fourth-order valence-corrected chi connectivity index (χ4v) is 0.266. The van der Waals surface area contributed by atoms with Crippen molar-refractivity contribution in [3.8, 4) is 0 Å². The topological polar surface area (TPSA) is 66.6 Å². The van der Waals surface area contributed by atoms with Crippen LogP contribution in [0.3, 0.4) is 0 Å². The molecule has 7 heavy (non-hydrogen) atoms. The van der Waals surface area contributed by atoms with Gasteiger partial charge in [0.2, 0.25) is 0 Å². The third kappa shape index (κ3) is 5.43. The van der Waals surface area contributed by atoms with E-state index in [1.165, 1.54) is 0 Å². The molecule has 5 nitrogen and oxygen atoms in total. The predicted octanol–water partition coefficient (Wildman–Crippen LogP) is -1.16. The molecule has 1 N–H and O–H groups in total. The van der Waals surface area contributed by atoms with Crippen molar-refractivity contribution in [2.75, 3.05) is 0 Å². The minimum absolute atomic E-state index is 0.597. The van der Waals surface area contributed by atoms with Gasteiger partial charge in [-0.2, -0.15) is 0 Å². The van der Waals surface area contributed by atoms with Crippen molar-refractivity contribution in [3.63, 3.8) is 0 Å². The van der Waals surface area contributed by atoms with Crippen LogP contribution >= 0.6 is 0 Å². The number of nitrogens with zero attached hydrogens (tertiary/aromatic N) is 1. The van der Waals surface area contributed by atoms with E-state index in [1.807, 2.05) is 0 Å². The van der Waals surface area contributed by atoms with Crippen LogP contribution in [0.2, 0.25) is 0 Å². The molecule has 0 heterocycles. The van der Waals surface area contributed by atoms with Crippen LogP contribution < -0.4 is 0 Å². The SMILES string of the molecule is O=C([AsH2])O[N+](=O)O. The first-order chi connectivity index (χ1) is 3.13. The molecule has 0 aromatic heterocycles. The Bertz CT molecular complexity index is 87.9. The first-order valence-corrected chi connectivity index (χ1v) is 2.47. The molecule has 0 radical (unpaired) electrons. The Morgan fingerprint density at radius 2 is 2.29 bits per heavy atom. The quantitative estimate of drug-likeness (QED) is 0.396. The molecule has 0 bridgehead atoms. The molecule has 0 aliphatic heterocycles. The van der Waals surface area contributed by atoms with Crippen LogP contribution in [0.1, 0.15) is 0 Å². The Morgan fingerprint density at radius 1 is 1.86 bits per heavy atom. The molecule has 0 fully saturated rings. The van der Waals surface area contributed by atoms with Crippen molar-refractivity contribution in [2.45, 2.75) is 0 Å². The van der Waals surface area contributed by atoms with Crippen LogP contribution in [0.4, 0.5) is 4.79 Å². The maximum absolute atomic E-state index is 9.66. The first-order valence-electron chi connectivity index (χ1n) is 1.26. The van der Waals surface area contributed by atoms with E-state index in [-0.39, 0.29) is 0 Å². The molecule has 0 spiro atoms.